The number of hydrogen-bond acceptors (Lipinski definition) is 6. The Morgan fingerprint density at radius 2 is 1.85 bits per heavy atom. The molecule has 0 aliphatic carbocycles. The zero-order valence-electron chi connectivity index (χ0n) is 19.1. The molecule has 2 amide bonds. The van der Waals surface area contributed by atoms with Crippen molar-refractivity contribution in [3.8, 4) is 11.4 Å². The van der Waals surface area contributed by atoms with Gasteiger partial charge < -0.3 is 14.2 Å². The number of aromatic nitrogens is 4. The van der Waals surface area contributed by atoms with Gasteiger partial charge in [0.1, 0.15) is 11.5 Å². The zero-order valence-corrected chi connectivity index (χ0v) is 19.1. The van der Waals surface area contributed by atoms with Crippen LogP contribution in [-0.4, -0.2) is 68.0 Å². The summed E-state index contributed by atoms with van der Waals surface area (Å²) in [5.41, 5.74) is 1.08. The van der Waals surface area contributed by atoms with Gasteiger partial charge in [0.25, 0.3) is 5.91 Å². The Labute approximate surface area is 192 Å². The number of tetrazole rings is 1. The average molecular weight is 449 g/mol. The highest BCUT2D eigenvalue weighted by Crippen LogP contribution is 2.25. The standard InChI is InChI=1S/C24H28N6O3/c1-17(2)28(3)23(31)19-11-13-29(14-12-19)24(32)21(16-20-10-7-15-33-20)30-22(25-26-27-30)18-8-5-4-6-9-18/h4-10,15-17,19H,11-14H2,1-3H3/b21-16-. The Morgan fingerprint density at radius 1 is 1.12 bits per heavy atom. The van der Waals surface area contributed by atoms with Crippen LogP contribution in [0.5, 0.6) is 0 Å². The Hall–Kier alpha value is -3.75. The number of hydrogen-bond donors (Lipinski definition) is 0. The third-order valence-corrected chi connectivity index (χ3v) is 6.02. The lowest BCUT2D eigenvalue weighted by molar-refractivity contribution is -0.139. The second-order valence-electron chi connectivity index (χ2n) is 8.43. The number of piperidine rings is 1. The van der Waals surface area contributed by atoms with Gasteiger partial charge in [-0.2, -0.15) is 4.68 Å². The molecule has 1 aromatic carbocycles. The molecule has 0 unspecified atom stereocenters. The van der Waals surface area contributed by atoms with Gasteiger partial charge in [-0.1, -0.05) is 30.3 Å². The van der Waals surface area contributed by atoms with Crippen LogP contribution in [0, 0.1) is 5.92 Å². The number of furan rings is 1. The molecule has 0 atom stereocenters. The van der Waals surface area contributed by atoms with Crippen molar-refractivity contribution in [2.75, 3.05) is 20.1 Å². The summed E-state index contributed by atoms with van der Waals surface area (Å²) in [5.74, 6) is 0.836. The minimum atomic E-state index is -0.209. The fraction of sp³-hybridized carbons (Fsp3) is 0.375. The van der Waals surface area contributed by atoms with Crippen molar-refractivity contribution in [2.45, 2.75) is 32.7 Å². The lowest BCUT2D eigenvalue weighted by Gasteiger charge is -2.34. The molecule has 2 aromatic heterocycles. The van der Waals surface area contributed by atoms with Gasteiger partial charge in [-0.3, -0.25) is 9.59 Å². The van der Waals surface area contributed by atoms with Crippen molar-refractivity contribution < 1.29 is 14.0 Å². The third-order valence-electron chi connectivity index (χ3n) is 6.02. The summed E-state index contributed by atoms with van der Waals surface area (Å²) in [7, 11) is 1.83. The van der Waals surface area contributed by atoms with Gasteiger partial charge in [-0.25, -0.2) is 0 Å². The second kappa shape index (κ2) is 9.81. The molecular formula is C24H28N6O3. The topological polar surface area (TPSA) is 97.4 Å². The molecule has 4 rings (SSSR count). The first-order valence-corrected chi connectivity index (χ1v) is 11.1. The van der Waals surface area contributed by atoms with Gasteiger partial charge in [-0.15, -0.1) is 5.10 Å². The van der Waals surface area contributed by atoms with Gasteiger partial charge in [0.2, 0.25) is 5.91 Å². The van der Waals surface area contributed by atoms with Crippen molar-refractivity contribution in [1.29, 1.82) is 0 Å². The van der Waals surface area contributed by atoms with E-state index in [1.54, 1.807) is 34.3 Å². The molecule has 0 spiro atoms. The average Bonchev–Trinajstić information content (AvgIpc) is 3.54. The summed E-state index contributed by atoms with van der Waals surface area (Å²) in [6, 6.07) is 13.1. The summed E-state index contributed by atoms with van der Waals surface area (Å²) in [6.45, 7) is 4.97. The van der Waals surface area contributed by atoms with Crippen LogP contribution < -0.4 is 0 Å². The molecule has 1 aliphatic heterocycles. The molecule has 0 saturated carbocycles. The van der Waals surface area contributed by atoms with Crippen molar-refractivity contribution in [1.82, 2.24) is 30.0 Å². The van der Waals surface area contributed by atoms with Crippen molar-refractivity contribution in [2.24, 2.45) is 5.92 Å². The monoisotopic (exact) mass is 448 g/mol. The highest BCUT2D eigenvalue weighted by Gasteiger charge is 2.32. The van der Waals surface area contributed by atoms with E-state index in [0.717, 1.165) is 5.56 Å². The van der Waals surface area contributed by atoms with Gasteiger partial charge in [0.15, 0.2) is 5.82 Å². The number of carbonyl (C=O) groups is 2. The second-order valence-corrected chi connectivity index (χ2v) is 8.43. The van der Waals surface area contributed by atoms with Crippen molar-refractivity contribution in [3.63, 3.8) is 0 Å². The number of carbonyl (C=O) groups excluding carboxylic acids is 2. The van der Waals surface area contributed by atoms with Crippen LogP contribution in [0.25, 0.3) is 23.2 Å². The van der Waals surface area contributed by atoms with E-state index in [9.17, 15) is 9.59 Å². The van der Waals surface area contributed by atoms with Crippen molar-refractivity contribution >= 4 is 23.6 Å². The summed E-state index contributed by atoms with van der Waals surface area (Å²) in [6.07, 6.45) is 4.44. The van der Waals surface area contributed by atoms with Crippen LogP contribution >= 0.6 is 0 Å². The predicted molar refractivity (Wildman–Crippen MR) is 123 cm³/mol. The van der Waals surface area contributed by atoms with Crippen LogP contribution in [0.2, 0.25) is 0 Å². The zero-order chi connectivity index (χ0) is 23.4. The van der Waals surface area contributed by atoms with Gasteiger partial charge in [-0.05, 0) is 49.2 Å². The van der Waals surface area contributed by atoms with Gasteiger partial charge >= 0.3 is 0 Å². The maximum atomic E-state index is 13.6. The third kappa shape index (κ3) is 4.87. The first kappa shape index (κ1) is 22.4. The number of nitrogens with zero attached hydrogens (tertiary/aromatic N) is 6. The highest BCUT2D eigenvalue weighted by atomic mass is 16.3. The first-order chi connectivity index (χ1) is 16.0. The molecule has 33 heavy (non-hydrogen) atoms. The van der Waals surface area contributed by atoms with E-state index in [-0.39, 0.29) is 29.5 Å². The van der Waals surface area contributed by atoms with Crippen molar-refractivity contribution in [3.05, 3.63) is 54.5 Å². The maximum Gasteiger partial charge on any atom is 0.272 e. The molecule has 3 heterocycles. The summed E-state index contributed by atoms with van der Waals surface area (Å²) < 4.78 is 6.91. The number of benzene rings is 1. The molecule has 1 aliphatic rings. The molecule has 0 radical (unpaired) electrons. The quantitative estimate of drug-likeness (QED) is 0.538. The van der Waals surface area contributed by atoms with E-state index in [1.807, 2.05) is 51.2 Å². The molecule has 9 heteroatoms. The lowest BCUT2D eigenvalue weighted by atomic mass is 9.94. The normalized spacial score (nSPS) is 15.2. The van der Waals surface area contributed by atoms with E-state index in [0.29, 0.717) is 37.5 Å². The molecule has 172 valence electrons. The molecule has 1 saturated heterocycles. The SMILES string of the molecule is CC(C)N(C)C(=O)C1CCN(C(=O)/C(=C/c2ccco2)n2nnnc2-c2ccccc2)CC1. The molecule has 0 bridgehead atoms. The summed E-state index contributed by atoms with van der Waals surface area (Å²) >= 11 is 0. The molecule has 9 nitrogen and oxygen atoms in total. The fourth-order valence-corrected chi connectivity index (χ4v) is 3.87. The number of amides is 2. The van der Waals surface area contributed by atoms with Gasteiger partial charge in [0, 0.05) is 43.7 Å². The number of likely N-dealkylation sites (tertiary alicyclic amines) is 1. The lowest BCUT2D eigenvalue weighted by Crippen LogP contribution is -2.45. The van der Waals surface area contributed by atoms with E-state index in [4.69, 9.17) is 4.42 Å². The van der Waals surface area contributed by atoms with E-state index in [2.05, 4.69) is 15.5 Å². The summed E-state index contributed by atoms with van der Waals surface area (Å²) in [4.78, 5) is 29.9. The van der Waals surface area contributed by atoms with Crippen LogP contribution in [0.15, 0.2) is 53.1 Å². The smallest absolute Gasteiger partial charge is 0.272 e. The first-order valence-electron chi connectivity index (χ1n) is 11.1. The molecule has 1 fully saturated rings. The highest BCUT2D eigenvalue weighted by molar-refractivity contribution is 6.18. The van der Waals surface area contributed by atoms with Crippen LogP contribution in [0.3, 0.4) is 0 Å². The molecular weight excluding hydrogens is 420 g/mol. The van der Waals surface area contributed by atoms with Crippen LogP contribution in [0.4, 0.5) is 0 Å². The van der Waals surface area contributed by atoms with E-state index in [1.165, 1.54) is 4.68 Å². The molecule has 3 aromatic rings. The Morgan fingerprint density at radius 3 is 2.48 bits per heavy atom. The maximum absolute atomic E-state index is 13.6. The van der Waals surface area contributed by atoms with Crippen LogP contribution in [-0.2, 0) is 9.59 Å². The number of rotatable bonds is 6. The summed E-state index contributed by atoms with van der Waals surface area (Å²) in [5, 5.41) is 12.1. The van der Waals surface area contributed by atoms with Gasteiger partial charge in [0.05, 0.1) is 6.26 Å². The minimum absolute atomic E-state index is 0.0770. The van der Waals surface area contributed by atoms with E-state index >= 15 is 0 Å². The Balaban J connectivity index is 1.59. The Kier molecular flexibility index (Phi) is 6.67. The fourth-order valence-electron chi connectivity index (χ4n) is 3.87. The van der Waals surface area contributed by atoms with E-state index < -0.39 is 0 Å². The molecule has 0 N–H and O–H groups in total. The van der Waals surface area contributed by atoms with Crippen LogP contribution in [0.1, 0.15) is 32.4 Å². The minimum Gasteiger partial charge on any atom is -0.465 e. The largest absolute Gasteiger partial charge is 0.465 e. The Bertz CT molecular complexity index is 1110. The predicted octanol–water partition coefficient (Wildman–Crippen LogP) is 3.04.